The molecule has 0 saturated heterocycles. The van der Waals surface area contributed by atoms with Crippen molar-refractivity contribution in [2.45, 2.75) is 19.4 Å². The maximum atomic E-state index is 6.29. The Morgan fingerprint density at radius 1 is 1.21 bits per heavy atom. The van der Waals surface area contributed by atoms with Gasteiger partial charge in [-0.05, 0) is 43.7 Å². The summed E-state index contributed by atoms with van der Waals surface area (Å²) in [5.41, 5.74) is 3.73. The third-order valence-electron chi connectivity index (χ3n) is 3.23. The molecular formula is C16H17BrClN. The summed E-state index contributed by atoms with van der Waals surface area (Å²) in [5, 5.41) is 4.17. The lowest BCUT2D eigenvalue weighted by Gasteiger charge is -2.18. The zero-order chi connectivity index (χ0) is 13.8. The van der Waals surface area contributed by atoms with Crippen LogP contribution in [0.3, 0.4) is 0 Å². The minimum atomic E-state index is 0.276. The van der Waals surface area contributed by atoms with Gasteiger partial charge in [0.2, 0.25) is 0 Å². The number of rotatable bonds is 4. The molecule has 0 aliphatic rings. The van der Waals surface area contributed by atoms with Crippen molar-refractivity contribution < 1.29 is 0 Å². The number of likely N-dealkylation sites (N-methyl/N-ethyl adjacent to an activating group) is 1. The third-order valence-corrected chi connectivity index (χ3v) is 4.08. The van der Waals surface area contributed by atoms with E-state index in [4.69, 9.17) is 11.6 Å². The molecule has 0 aliphatic carbocycles. The van der Waals surface area contributed by atoms with E-state index in [2.05, 4.69) is 58.5 Å². The summed E-state index contributed by atoms with van der Waals surface area (Å²) in [6.45, 7) is 2.11. The van der Waals surface area contributed by atoms with Crippen LogP contribution in [-0.4, -0.2) is 7.05 Å². The summed E-state index contributed by atoms with van der Waals surface area (Å²) in [6.07, 6.45) is 0.881. The van der Waals surface area contributed by atoms with Crippen LogP contribution in [0.5, 0.6) is 0 Å². The molecule has 0 saturated carbocycles. The fourth-order valence-corrected chi connectivity index (χ4v) is 2.93. The van der Waals surface area contributed by atoms with Crippen molar-refractivity contribution in [1.29, 1.82) is 0 Å². The average molecular weight is 339 g/mol. The molecular weight excluding hydrogens is 322 g/mol. The van der Waals surface area contributed by atoms with Gasteiger partial charge >= 0.3 is 0 Å². The first-order valence-electron chi connectivity index (χ1n) is 6.28. The van der Waals surface area contributed by atoms with Crippen molar-refractivity contribution in [2.24, 2.45) is 0 Å². The topological polar surface area (TPSA) is 12.0 Å². The number of hydrogen-bond acceptors (Lipinski definition) is 1. The van der Waals surface area contributed by atoms with Crippen LogP contribution in [0.25, 0.3) is 0 Å². The van der Waals surface area contributed by atoms with Gasteiger partial charge in [0.1, 0.15) is 0 Å². The molecule has 0 amide bonds. The SMILES string of the molecule is CNC(Cc1ccc(Br)cc1Cl)c1cccc(C)c1. The van der Waals surface area contributed by atoms with Crippen LogP contribution < -0.4 is 5.32 Å². The van der Waals surface area contributed by atoms with Crippen LogP contribution in [0.15, 0.2) is 46.9 Å². The molecule has 2 rings (SSSR count). The lowest BCUT2D eigenvalue weighted by Crippen LogP contribution is -2.19. The maximum absolute atomic E-state index is 6.29. The van der Waals surface area contributed by atoms with Crippen molar-refractivity contribution in [3.63, 3.8) is 0 Å². The number of benzene rings is 2. The molecule has 0 fully saturated rings. The molecule has 0 aromatic heterocycles. The van der Waals surface area contributed by atoms with Crippen LogP contribution in [0.2, 0.25) is 5.02 Å². The van der Waals surface area contributed by atoms with Gasteiger partial charge in [-0.2, -0.15) is 0 Å². The number of halogens is 2. The van der Waals surface area contributed by atoms with Crippen LogP contribution in [0, 0.1) is 6.92 Å². The van der Waals surface area contributed by atoms with Crippen molar-refractivity contribution in [3.05, 3.63) is 68.7 Å². The van der Waals surface area contributed by atoms with Crippen molar-refractivity contribution in [3.8, 4) is 0 Å². The second kappa shape index (κ2) is 6.56. The van der Waals surface area contributed by atoms with Crippen LogP contribution >= 0.6 is 27.5 Å². The predicted octanol–water partition coefficient (Wildman–Crippen LogP) is 4.91. The second-order valence-electron chi connectivity index (χ2n) is 4.70. The molecule has 1 atom stereocenters. The van der Waals surface area contributed by atoms with E-state index in [9.17, 15) is 0 Å². The predicted molar refractivity (Wildman–Crippen MR) is 85.8 cm³/mol. The first-order valence-corrected chi connectivity index (χ1v) is 7.45. The molecule has 3 heteroatoms. The minimum Gasteiger partial charge on any atom is -0.313 e. The van der Waals surface area contributed by atoms with Crippen LogP contribution in [0.1, 0.15) is 22.7 Å². The highest BCUT2D eigenvalue weighted by atomic mass is 79.9. The normalized spacial score (nSPS) is 12.4. The smallest absolute Gasteiger partial charge is 0.0449 e. The Morgan fingerprint density at radius 2 is 2.00 bits per heavy atom. The third kappa shape index (κ3) is 3.82. The van der Waals surface area contributed by atoms with Crippen molar-refractivity contribution in [2.75, 3.05) is 7.05 Å². The highest BCUT2D eigenvalue weighted by Gasteiger charge is 2.12. The van der Waals surface area contributed by atoms with Gasteiger partial charge in [0.05, 0.1) is 0 Å². The summed E-state index contributed by atoms with van der Waals surface area (Å²) in [5.74, 6) is 0. The van der Waals surface area contributed by atoms with Gasteiger partial charge in [-0.3, -0.25) is 0 Å². The largest absolute Gasteiger partial charge is 0.313 e. The summed E-state index contributed by atoms with van der Waals surface area (Å²) >= 11 is 9.73. The summed E-state index contributed by atoms with van der Waals surface area (Å²) in [7, 11) is 1.99. The van der Waals surface area contributed by atoms with Gasteiger partial charge in [-0.25, -0.2) is 0 Å². The summed E-state index contributed by atoms with van der Waals surface area (Å²) in [6, 6.07) is 14.9. The van der Waals surface area contributed by atoms with E-state index in [1.807, 2.05) is 19.2 Å². The van der Waals surface area contributed by atoms with Gasteiger partial charge in [0.25, 0.3) is 0 Å². The molecule has 0 heterocycles. The lowest BCUT2D eigenvalue weighted by molar-refractivity contribution is 0.592. The fourth-order valence-electron chi connectivity index (χ4n) is 2.18. The van der Waals surface area contributed by atoms with E-state index in [-0.39, 0.29) is 6.04 Å². The quantitative estimate of drug-likeness (QED) is 0.835. The Labute approximate surface area is 128 Å². The summed E-state index contributed by atoms with van der Waals surface area (Å²) in [4.78, 5) is 0. The Balaban J connectivity index is 2.24. The Morgan fingerprint density at radius 3 is 2.63 bits per heavy atom. The van der Waals surface area contributed by atoms with E-state index < -0.39 is 0 Å². The van der Waals surface area contributed by atoms with Gasteiger partial charge < -0.3 is 5.32 Å². The standard InChI is InChI=1S/C16H17BrClN/c1-11-4-3-5-13(8-11)16(19-2)9-12-6-7-14(17)10-15(12)18/h3-8,10,16,19H,9H2,1-2H3. The molecule has 1 nitrogen and oxygen atoms in total. The highest BCUT2D eigenvalue weighted by Crippen LogP contribution is 2.26. The van der Waals surface area contributed by atoms with Crippen LogP contribution in [0.4, 0.5) is 0 Å². The zero-order valence-corrected chi connectivity index (χ0v) is 13.4. The molecule has 19 heavy (non-hydrogen) atoms. The first kappa shape index (κ1) is 14.6. The fraction of sp³-hybridized carbons (Fsp3) is 0.250. The number of hydrogen-bond donors (Lipinski definition) is 1. The van der Waals surface area contributed by atoms with Crippen molar-refractivity contribution >= 4 is 27.5 Å². The van der Waals surface area contributed by atoms with Crippen molar-refractivity contribution in [1.82, 2.24) is 5.32 Å². The lowest BCUT2D eigenvalue weighted by atomic mass is 9.98. The van der Waals surface area contributed by atoms with E-state index in [1.54, 1.807) is 0 Å². The second-order valence-corrected chi connectivity index (χ2v) is 6.02. The van der Waals surface area contributed by atoms with E-state index in [1.165, 1.54) is 11.1 Å². The van der Waals surface area contributed by atoms with Gasteiger partial charge in [-0.1, -0.05) is 63.4 Å². The minimum absolute atomic E-state index is 0.276. The highest BCUT2D eigenvalue weighted by molar-refractivity contribution is 9.10. The van der Waals surface area contributed by atoms with Gasteiger partial charge in [-0.15, -0.1) is 0 Å². The van der Waals surface area contributed by atoms with Gasteiger partial charge in [0, 0.05) is 15.5 Å². The molecule has 0 bridgehead atoms. The monoisotopic (exact) mass is 337 g/mol. The first-order chi connectivity index (χ1) is 9.10. The number of nitrogens with one attached hydrogen (secondary N) is 1. The molecule has 2 aromatic rings. The summed E-state index contributed by atoms with van der Waals surface area (Å²) < 4.78 is 1.01. The molecule has 1 unspecified atom stereocenters. The molecule has 1 N–H and O–H groups in total. The molecule has 2 aromatic carbocycles. The molecule has 100 valence electrons. The Hall–Kier alpha value is -0.830. The van der Waals surface area contributed by atoms with E-state index in [0.717, 1.165) is 21.5 Å². The van der Waals surface area contributed by atoms with E-state index in [0.29, 0.717) is 0 Å². The van der Waals surface area contributed by atoms with Gasteiger partial charge in [0.15, 0.2) is 0 Å². The molecule has 0 radical (unpaired) electrons. The zero-order valence-electron chi connectivity index (χ0n) is 11.1. The van der Waals surface area contributed by atoms with E-state index >= 15 is 0 Å². The Kier molecular flexibility index (Phi) is 5.03. The van der Waals surface area contributed by atoms with Crippen LogP contribution in [-0.2, 0) is 6.42 Å². The molecule has 0 spiro atoms. The number of aryl methyl sites for hydroxylation is 1. The molecule has 0 aliphatic heterocycles. The maximum Gasteiger partial charge on any atom is 0.0449 e. The Bertz CT molecular complexity index is 568. The average Bonchev–Trinajstić information content (AvgIpc) is 2.38.